The van der Waals surface area contributed by atoms with Gasteiger partial charge in [-0.05, 0) is 18.2 Å². The molecular formula is C11H15ClFNO2. The Bertz CT molecular complexity index is 345. The molecule has 0 saturated heterocycles. The van der Waals surface area contributed by atoms with Gasteiger partial charge < -0.3 is 15.2 Å². The van der Waals surface area contributed by atoms with Crippen LogP contribution in [0.25, 0.3) is 0 Å². The van der Waals surface area contributed by atoms with E-state index in [2.05, 4.69) is 0 Å². The molecule has 0 saturated carbocycles. The molecule has 0 aliphatic heterocycles. The van der Waals surface area contributed by atoms with Crippen LogP contribution in [0.3, 0.4) is 0 Å². The smallest absolute Gasteiger partial charge is 0.123 e. The van der Waals surface area contributed by atoms with E-state index in [1.54, 1.807) is 25.3 Å². The highest BCUT2D eigenvalue weighted by atomic mass is 35.5. The minimum absolute atomic E-state index is 0. The van der Waals surface area contributed by atoms with Crippen LogP contribution < -0.4 is 15.2 Å². The van der Waals surface area contributed by atoms with Gasteiger partial charge in [0.05, 0.1) is 7.11 Å². The fraction of sp³-hybridized carbons (Fsp3) is 0.273. The molecule has 90 valence electrons. The molecule has 1 rings (SSSR count). The van der Waals surface area contributed by atoms with Crippen LogP contribution in [-0.4, -0.2) is 20.3 Å². The number of rotatable bonds is 5. The van der Waals surface area contributed by atoms with Gasteiger partial charge in [-0.2, -0.15) is 0 Å². The number of nitrogens with two attached hydrogens (primary N) is 1. The van der Waals surface area contributed by atoms with Crippen LogP contribution in [0.4, 0.5) is 4.39 Å². The van der Waals surface area contributed by atoms with Gasteiger partial charge in [0.1, 0.15) is 23.9 Å². The van der Waals surface area contributed by atoms with Crippen molar-refractivity contribution < 1.29 is 13.9 Å². The average Bonchev–Trinajstić information content (AvgIpc) is 2.29. The fourth-order valence-corrected chi connectivity index (χ4v) is 1.00. The lowest BCUT2D eigenvalue weighted by atomic mass is 10.3. The van der Waals surface area contributed by atoms with E-state index < -0.39 is 0 Å². The average molecular weight is 248 g/mol. The molecule has 0 aliphatic rings. The summed E-state index contributed by atoms with van der Waals surface area (Å²) in [5, 5.41) is 0. The van der Waals surface area contributed by atoms with Crippen LogP contribution in [0.2, 0.25) is 0 Å². The normalized spacial score (nSPS) is 10.6. The standard InChI is InChI=1S/C11H14FNO2.ClH/c1-14-10-3-2-4-11(7-10)15-6-5-9(12)8-13;/h2-5,7H,6,8,13H2,1H3;1H. The Balaban J connectivity index is 0.00000225. The summed E-state index contributed by atoms with van der Waals surface area (Å²) >= 11 is 0. The van der Waals surface area contributed by atoms with Gasteiger partial charge in [0.15, 0.2) is 0 Å². The molecule has 5 heteroatoms. The third-order valence-corrected chi connectivity index (χ3v) is 1.79. The topological polar surface area (TPSA) is 44.5 Å². The van der Waals surface area contributed by atoms with E-state index in [1.807, 2.05) is 6.07 Å². The minimum Gasteiger partial charge on any atom is -0.497 e. The summed E-state index contributed by atoms with van der Waals surface area (Å²) in [5.41, 5.74) is 5.08. The summed E-state index contributed by atoms with van der Waals surface area (Å²) in [4.78, 5) is 0. The molecule has 0 aromatic heterocycles. The predicted molar refractivity (Wildman–Crippen MR) is 64.0 cm³/mol. The Hall–Kier alpha value is -1.26. The Morgan fingerprint density at radius 3 is 2.75 bits per heavy atom. The molecule has 1 aromatic carbocycles. The van der Waals surface area contributed by atoms with Crippen molar-refractivity contribution in [2.24, 2.45) is 5.73 Å². The second-order valence-corrected chi connectivity index (χ2v) is 2.85. The van der Waals surface area contributed by atoms with E-state index in [0.29, 0.717) is 11.5 Å². The summed E-state index contributed by atoms with van der Waals surface area (Å²) in [6.07, 6.45) is 1.31. The molecule has 16 heavy (non-hydrogen) atoms. The van der Waals surface area contributed by atoms with Gasteiger partial charge in [-0.3, -0.25) is 0 Å². The summed E-state index contributed by atoms with van der Waals surface area (Å²) in [6.45, 7) is 0.0671. The van der Waals surface area contributed by atoms with E-state index in [4.69, 9.17) is 15.2 Å². The van der Waals surface area contributed by atoms with Crippen molar-refractivity contribution in [3.05, 3.63) is 36.2 Å². The zero-order valence-corrected chi connectivity index (χ0v) is 9.80. The number of hydrogen-bond donors (Lipinski definition) is 1. The molecule has 3 nitrogen and oxygen atoms in total. The fourth-order valence-electron chi connectivity index (χ4n) is 1.00. The first kappa shape index (κ1) is 14.7. The predicted octanol–water partition coefficient (Wildman–Crippen LogP) is 2.31. The quantitative estimate of drug-likeness (QED) is 0.869. The van der Waals surface area contributed by atoms with Gasteiger partial charge in [-0.25, -0.2) is 4.39 Å². The molecule has 0 fully saturated rings. The van der Waals surface area contributed by atoms with Crippen LogP contribution in [0.15, 0.2) is 36.2 Å². The van der Waals surface area contributed by atoms with Crippen molar-refractivity contribution in [3.8, 4) is 11.5 Å². The largest absolute Gasteiger partial charge is 0.497 e. The van der Waals surface area contributed by atoms with Gasteiger partial charge in [0.25, 0.3) is 0 Å². The molecule has 0 atom stereocenters. The summed E-state index contributed by atoms with van der Waals surface area (Å²) in [6, 6.07) is 7.12. The number of halogens is 2. The number of methoxy groups -OCH3 is 1. The Morgan fingerprint density at radius 1 is 1.44 bits per heavy atom. The SMILES string of the molecule is COc1cccc(OCC=C(F)CN)c1.Cl. The third kappa shape index (κ3) is 5.00. The van der Waals surface area contributed by atoms with Crippen molar-refractivity contribution in [1.29, 1.82) is 0 Å². The molecule has 0 bridgehead atoms. The van der Waals surface area contributed by atoms with E-state index in [-0.39, 0.29) is 31.4 Å². The highest BCUT2D eigenvalue weighted by Crippen LogP contribution is 2.18. The van der Waals surface area contributed by atoms with E-state index in [1.165, 1.54) is 6.08 Å². The zero-order valence-electron chi connectivity index (χ0n) is 8.98. The number of hydrogen-bond acceptors (Lipinski definition) is 3. The summed E-state index contributed by atoms with van der Waals surface area (Å²) < 4.78 is 22.9. The van der Waals surface area contributed by atoms with Gasteiger partial charge in [-0.1, -0.05) is 6.07 Å². The molecule has 2 N–H and O–H groups in total. The maximum absolute atomic E-state index is 12.6. The third-order valence-electron chi connectivity index (χ3n) is 1.79. The number of benzene rings is 1. The molecule has 0 amide bonds. The van der Waals surface area contributed by atoms with Crippen molar-refractivity contribution in [3.63, 3.8) is 0 Å². The number of ether oxygens (including phenoxy) is 2. The van der Waals surface area contributed by atoms with Crippen molar-refractivity contribution in [2.75, 3.05) is 20.3 Å². The molecule has 0 spiro atoms. The molecule has 0 unspecified atom stereocenters. The molecule has 1 aromatic rings. The Kier molecular flexibility index (Phi) is 7.33. The molecule has 0 aliphatic carbocycles. The summed E-state index contributed by atoms with van der Waals surface area (Å²) in [5.74, 6) is 0.962. The van der Waals surface area contributed by atoms with Gasteiger partial charge >= 0.3 is 0 Å². The summed E-state index contributed by atoms with van der Waals surface area (Å²) in [7, 11) is 1.58. The first-order chi connectivity index (χ1) is 7.26. The van der Waals surface area contributed by atoms with Crippen molar-refractivity contribution >= 4 is 12.4 Å². The van der Waals surface area contributed by atoms with E-state index in [0.717, 1.165) is 0 Å². The Morgan fingerprint density at radius 2 is 2.12 bits per heavy atom. The first-order valence-electron chi connectivity index (χ1n) is 4.57. The maximum Gasteiger partial charge on any atom is 0.123 e. The van der Waals surface area contributed by atoms with Crippen LogP contribution in [0.5, 0.6) is 11.5 Å². The minimum atomic E-state index is -0.377. The van der Waals surface area contributed by atoms with Crippen LogP contribution in [-0.2, 0) is 0 Å². The zero-order chi connectivity index (χ0) is 11.1. The Labute approximate surface area is 100 Å². The van der Waals surface area contributed by atoms with Gasteiger partial charge in [0, 0.05) is 12.6 Å². The van der Waals surface area contributed by atoms with Crippen LogP contribution >= 0.6 is 12.4 Å². The van der Waals surface area contributed by atoms with E-state index >= 15 is 0 Å². The first-order valence-corrected chi connectivity index (χ1v) is 4.57. The maximum atomic E-state index is 12.6. The highest BCUT2D eigenvalue weighted by Gasteiger charge is 1.95. The highest BCUT2D eigenvalue weighted by molar-refractivity contribution is 5.85. The molecule has 0 radical (unpaired) electrons. The second-order valence-electron chi connectivity index (χ2n) is 2.85. The van der Waals surface area contributed by atoms with Gasteiger partial charge in [0.2, 0.25) is 0 Å². The van der Waals surface area contributed by atoms with Crippen molar-refractivity contribution in [2.45, 2.75) is 0 Å². The van der Waals surface area contributed by atoms with Crippen LogP contribution in [0.1, 0.15) is 0 Å². The monoisotopic (exact) mass is 247 g/mol. The van der Waals surface area contributed by atoms with Crippen LogP contribution in [0, 0.1) is 0 Å². The lowest BCUT2D eigenvalue weighted by Crippen LogP contribution is -2.01. The molecule has 0 heterocycles. The van der Waals surface area contributed by atoms with E-state index in [9.17, 15) is 4.39 Å². The lowest BCUT2D eigenvalue weighted by molar-refractivity contribution is 0.353. The second kappa shape index (κ2) is 7.96. The van der Waals surface area contributed by atoms with Crippen molar-refractivity contribution in [1.82, 2.24) is 0 Å². The van der Waals surface area contributed by atoms with Gasteiger partial charge in [-0.15, -0.1) is 12.4 Å². The lowest BCUT2D eigenvalue weighted by Gasteiger charge is -2.05. The molecular weight excluding hydrogens is 233 g/mol.